The van der Waals surface area contributed by atoms with Gasteiger partial charge in [0.25, 0.3) is 5.56 Å². The van der Waals surface area contributed by atoms with Crippen LogP contribution < -0.4 is 11.2 Å². The number of hydrogen-bond acceptors (Lipinski definition) is 5. The molecule has 0 unspecified atom stereocenters. The van der Waals surface area contributed by atoms with Gasteiger partial charge in [-0.15, -0.1) is 0 Å². The van der Waals surface area contributed by atoms with Crippen LogP contribution in [-0.4, -0.2) is 22.6 Å². The molecule has 5 rings (SSSR count). The molecule has 0 atom stereocenters. The minimum Gasteiger partial charge on any atom is -0.463 e. The third-order valence-electron chi connectivity index (χ3n) is 5.78. The summed E-state index contributed by atoms with van der Waals surface area (Å²) in [7, 11) is 1.26. The number of hydrogen-bond donors (Lipinski definition) is 1. The van der Waals surface area contributed by atoms with Crippen LogP contribution in [0.4, 0.5) is 0 Å². The van der Waals surface area contributed by atoms with Gasteiger partial charge >= 0.3 is 11.7 Å². The number of aromatic nitrogens is 2. The van der Waals surface area contributed by atoms with Gasteiger partial charge in [0, 0.05) is 17.7 Å². The van der Waals surface area contributed by atoms with Crippen molar-refractivity contribution in [3.63, 3.8) is 0 Å². The smallest absolute Gasteiger partial charge is 0.373 e. The molecule has 2 aromatic heterocycles. The van der Waals surface area contributed by atoms with Crippen molar-refractivity contribution in [3.8, 4) is 0 Å². The van der Waals surface area contributed by atoms with Gasteiger partial charge < -0.3 is 9.15 Å². The predicted molar refractivity (Wildman–Crippen MR) is 123 cm³/mol. The Morgan fingerprint density at radius 1 is 0.939 bits per heavy atom. The summed E-state index contributed by atoms with van der Waals surface area (Å²) in [6.45, 7) is 0.0495. The number of H-pyrrole nitrogens is 1. The predicted octanol–water partition coefficient (Wildman–Crippen LogP) is 3.63. The van der Waals surface area contributed by atoms with E-state index in [4.69, 9.17) is 4.42 Å². The third-order valence-corrected chi connectivity index (χ3v) is 5.78. The van der Waals surface area contributed by atoms with Gasteiger partial charge in [0.15, 0.2) is 0 Å². The standard InChI is InChI=1S/C26H20N2O5/c1-32-25(30)22-13-12-18(33-22)14-28-15-21(24(29)27-26(28)31)23-19-8-4-2-6-16(19)10-11-17-7-3-5-9-20(17)23/h2-13,15,23H,14H2,1H3,(H,27,29,31). The van der Waals surface area contributed by atoms with Crippen molar-refractivity contribution in [1.29, 1.82) is 0 Å². The molecule has 0 radical (unpaired) electrons. The van der Waals surface area contributed by atoms with Crippen molar-refractivity contribution in [2.24, 2.45) is 0 Å². The largest absolute Gasteiger partial charge is 0.463 e. The molecule has 1 aliphatic carbocycles. The zero-order chi connectivity index (χ0) is 22.9. The fraction of sp³-hybridized carbons (Fsp3) is 0.115. The Bertz CT molecular complexity index is 1460. The molecule has 2 heterocycles. The Balaban J connectivity index is 1.64. The average Bonchev–Trinajstić information content (AvgIpc) is 3.23. The van der Waals surface area contributed by atoms with Crippen LogP contribution in [0.3, 0.4) is 0 Å². The first kappa shape index (κ1) is 20.5. The van der Waals surface area contributed by atoms with E-state index in [1.807, 2.05) is 60.7 Å². The lowest BCUT2D eigenvalue weighted by atomic mass is 9.83. The SMILES string of the molecule is COC(=O)c1ccc(Cn2cc(C3c4ccccc4C=Cc4ccccc43)c(=O)[nH]c2=O)o1. The zero-order valence-electron chi connectivity index (χ0n) is 17.8. The molecule has 33 heavy (non-hydrogen) atoms. The van der Waals surface area contributed by atoms with Crippen LogP contribution in [0.1, 0.15) is 50.1 Å². The lowest BCUT2D eigenvalue weighted by Crippen LogP contribution is -2.33. The number of fused-ring (bicyclic) bond motifs is 2. The average molecular weight is 440 g/mol. The molecule has 0 saturated carbocycles. The molecule has 0 fully saturated rings. The summed E-state index contributed by atoms with van der Waals surface area (Å²) < 4.78 is 11.5. The number of methoxy groups -OCH3 is 1. The summed E-state index contributed by atoms with van der Waals surface area (Å²) in [5.41, 5.74) is 3.39. The van der Waals surface area contributed by atoms with E-state index in [1.165, 1.54) is 17.7 Å². The number of nitrogens with one attached hydrogen (secondary N) is 1. The molecule has 0 amide bonds. The fourth-order valence-electron chi connectivity index (χ4n) is 4.22. The van der Waals surface area contributed by atoms with E-state index in [2.05, 4.69) is 9.72 Å². The van der Waals surface area contributed by atoms with Gasteiger partial charge in [0.1, 0.15) is 5.76 Å². The Labute approximate surface area is 188 Å². The van der Waals surface area contributed by atoms with Gasteiger partial charge in [-0.25, -0.2) is 9.59 Å². The molecule has 2 aromatic carbocycles. The number of esters is 1. The Morgan fingerprint density at radius 2 is 1.58 bits per heavy atom. The quantitative estimate of drug-likeness (QED) is 0.431. The van der Waals surface area contributed by atoms with Gasteiger partial charge in [-0.05, 0) is 34.4 Å². The highest BCUT2D eigenvalue weighted by molar-refractivity contribution is 5.86. The summed E-state index contributed by atoms with van der Waals surface area (Å²) in [5.74, 6) is -0.540. The van der Waals surface area contributed by atoms with Gasteiger partial charge in [-0.2, -0.15) is 0 Å². The Kier molecular flexibility index (Phi) is 5.14. The first-order chi connectivity index (χ1) is 16.0. The van der Waals surface area contributed by atoms with Gasteiger partial charge in [0.05, 0.1) is 13.7 Å². The number of rotatable bonds is 4. The highest BCUT2D eigenvalue weighted by Gasteiger charge is 2.26. The first-order valence-corrected chi connectivity index (χ1v) is 10.4. The van der Waals surface area contributed by atoms with Gasteiger partial charge in [0.2, 0.25) is 5.76 Å². The summed E-state index contributed by atoms with van der Waals surface area (Å²) in [4.78, 5) is 39.8. The van der Waals surface area contributed by atoms with Crippen molar-refractivity contribution in [2.75, 3.05) is 7.11 Å². The molecule has 0 aliphatic heterocycles. The molecule has 1 N–H and O–H groups in total. The van der Waals surface area contributed by atoms with E-state index >= 15 is 0 Å². The highest BCUT2D eigenvalue weighted by atomic mass is 16.5. The maximum Gasteiger partial charge on any atom is 0.373 e. The van der Waals surface area contributed by atoms with Crippen molar-refractivity contribution < 1.29 is 13.9 Å². The maximum absolute atomic E-state index is 13.0. The summed E-state index contributed by atoms with van der Waals surface area (Å²) >= 11 is 0. The van der Waals surface area contributed by atoms with Crippen molar-refractivity contribution in [1.82, 2.24) is 9.55 Å². The van der Waals surface area contributed by atoms with Crippen molar-refractivity contribution in [3.05, 3.63) is 127 Å². The van der Waals surface area contributed by atoms with Gasteiger partial charge in [-0.3, -0.25) is 14.3 Å². The van der Waals surface area contributed by atoms with Crippen LogP contribution in [0.2, 0.25) is 0 Å². The third kappa shape index (κ3) is 3.74. The van der Waals surface area contributed by atoms with Crippen LogP contribution in [0.5, 0.6) is 0 Å². The topological polar surface area (TPSA) is 94.3 Å². The summed E-state index contributed by atoms with van der Waals surface area (Å²) in [6, 6.07) is 18.9. The number of ether oxygens (including phenoxy) is 1. The van der Waals surface area contributed by atoms with E-state index in [-0.39, 0.29) is 18.2 Å². The molecule has 0 spiro atoms. The minimum absolute atomic E-state index is 0.0443. The number of benzene rings is 2. The highest BCUT2D eigenvalue weighted by Crippen LogP contribution is 2.37. The molecule has 4 aromatic rings. The Morgan fingerprint density at radius 3 is 2.21 bits per heavy atom. The van der Waals surface area contributed by atoms with Gasteiger partial charge in [-0.1, -0.05) is 60.7 Å². The monoisotopic (exact) mass is 440 g/mol. The number of carbonyl (C=O) groups is 1. The van der Waals surface area contributed by atoms with E-state index in [0.29, 0.717) is 11.3 Å². The minimum atomic E-state index is -0.602. The molecule has 164 valence electrons. The molecular formula is C26H20N2O5. The zero-order valence-corrected chi connectivity index (χ0v) is 17.8. The number of carbonyl (C=O) groups excluding carboxylic acids is 1. The van der Waals surface area contributed by atoms with E-state index in [9.17, 15) is 14.4 Å². The lowest BCUT2D eigenvalue weighted by Gasteiger charge is -2.21. The molecule has 0 saturated heterocycles. The first-order valence-electron chi connectivity index (χ1n) is 10.4. The number of nitrogens with zero attached hydrogens (tertiary/aromatic N) is 1. The molecule has 0 bridgehead atoms. The second-order valence-electron chi connectivity index (χ2n) is 7.75. The molecule has 7 nitrogen and oxygen atoms in total. The van der Waals surface area contributed by atoms with Crippen LogP contribution in [0.15, 0.2) is 80.9 Å². The number of furan rings is 1. The molecule has 7 heteroatoms. The van der Waals surface area contributed by atoms with Crippen molar-refractivity contribution in [2.45, 2.75) is 12.5 Å². The maximum atomic E-state index is 13.0. The van der Waals surface area contributed by atoms with E-state index in [1.54, 1.807) is 12.3 Å². The summed E-state index contributed by atoms with van der Waals surface area (Å²) in [5, 5.41) is 0. The molecule has 1 aliphatic rings. The van der Waals surface area contributed by atoms with Crippen LogP contribution in [0.25, 0.3) is 12.2 Å². The van der Waals surface area contributed by atoms with E-state index in [0.717, 1.165) is 22.3 Å². The van der Waals surface area contributed by atoms with Crippen LogP contribution in [-0.2, 0) is 11.3 Å². The lowest BCUT2D eigenvalue weighted by molar-refractivity contribution is 0.0563. The van der Waals surface area contributed by atoms with E-state index < -0.39 is 17.2 Å². The normalized spacial score (nSPS) is 12.6. The van der Waals surface area contributed by atoms with Crippen LogP contribution in [0, 0.1) is 0 Å². The second kappa shape index (κ2) is 8.27. The second-order valence-corrected chi connectivity index (χ2v) is 7.75. The Hall–Kier alpha value is -4.39. The van der Waals surface area contributed by atoms with Crippen LogP contribution >= 0.6 is 0 Å². The number of aromatic amines is 1. The van der Waals surface area contributed by atoms with Crippen molar-refractivity contribution >= 4 is 18.1 Å². The summed E-state index contributed by atoms with van der Waals surface area (Å²) in [6.07, 6.45) is 5.65. The fourth-order valence-corrected chi connectivity index (χ4v) is 4.22. The molecular weight excluding hydrogens is 420 g/mol.